The lowest BCUT2D eigenvalue weighted by Gasteiger charge is -2.12. The standard InChI is InChI=1S/C17H20Cl2N4OS/c1-11-7-16(21-17(25)20-9-13-3-2-6-24-13)22-23(11)10-12-4-5-14(18)15(19)8-12/h4-5,7-8,13H,2-3,6,9-10H2,1H3,(H2,20,21,22,25). The molecule has 1 atom stereocenters. The van der Waals surface area contributed by atoms with Crippen molar-refractivity contribution in [3.8, 4) is 0 Å². The topological polar surface area (TPSA) is 51.1 Å². The quantitative estimate of drug-likeness (QED) is 0.744. The monoisotopic (exact) mass is 398 g/mol. The maximum Gasteiger partial charge on any atom is 0.172 e. The van der Waals surface area contributed by atoms with E-state index < -0.39 is 0 Å². The Labute approximate surface area is 162 Å². The normalized spacial score (nSPS) is 16.8. The highest BCUT2D eigenvalue weighted by Gasteiger charge is 2.15. The smallest absolute Gasteiger partial charge is 0.172 e. The SMILES string of the molecule is Cc1cc(NC(=S)NCC2CCCO2)nn1Cc1ccc(Cl)c(Cl)c1. The first-order chi connectivity index (χ1) is 12.0. The van der Waals surface area contributed by atoms with Crippen molar-refractivity contribution < 1.29 is 4.74 Å². The van der Waals surface area contributed by atoms with Crippen LogP contribution in [0.4, 0.5) is 5.82 Å². The van der Waals surface area contributed by atoms with Gasteiger partial charge in [-0.3, -0.25) is 4.68 Å². The molecule has 0 bridgehead atoms. The van der Waals surface area contributed by atoms with E-state index in [0.717, 1.165) is 37.3 Å². The molecule has 0 saturated carbocycles. The molecule has 134 valence electrons. The van der Waals surface area contributed by atoms with Crippen molar-refractivity contribution in [2.24, 2.45) is 0 Å². The molecule has 0 radical (unpaired) electrons. The number of hydrogen-bond acceptors (Lipinski definition) is 3. The molecule has 1 unspecified atom stereocenters. The Balaban J connectivity index is 1.57. The Kier molecular flexibility index (Phi) is 6.17. The Morgan fingerprint density at radius 2 is 2.20 bits per heavy atom. The summed E-state index contributed by atoms with van der Waals surface area (Å²) in [7, 11) is 0. The maximum atomic E-state index is 6.07. The molecule has 0 aliphatic carbocycles. The fraction of sp³-hybridized carbons (Fsp3) is 0.412. The molecule has 2 heterocycles. The first-order valence-electron chi connectivity index (χ1n) is 8.16. The third-order valence-electron chi connectivity index (χ3n) is 4.05. The van der Waals surface area contributed by atoms with Gasteiger partial charge < -0.3 is 15.4 Å². The van der Waals surface area contributed by atoms with Crippen LogP contribution < -0.4 is 10.6 Å². The highest BCUT2D eigenvalue weighted by Crippen LogP contribution is 2.23. The minimum atomic E-state index is 0.244. The van der Waals surface area contributed by atoms with Gasteiger partial charge in [0, 0.05) is 24.9 Å². The Hall–Kier alpha value is -1.34. The van der Waals surface area contributed by atoms with Crippen molar-refractivity contribution in [2.75, 3.05) is 18.5 Å². The number of nitrogens with one attached hydrogen (secondary N) is 2. The Morgan fingerprint density at radius 1 is 1.36 bits per heavy atom. The summed E-state index contributed by atoms with van der Waals surface area (Å²) >= 11 is 17.4. The molecule has 1 aliphatic heterocycles. The van der Waals surface area contributed by atoms with Crippen LogP contribution in [0.5, 0.6) is 0 Å². The first kappa shape index (κ1) is 18.5. The van der Waals surface area contributed by atoms with Crippen molar-refractivity contribution >= 4 is 46.4 Å². The highest BCUT2D eigenvalue weighted by atomic mass is 35.5. The van der Waals surface area contributed by atoms with Crippen LogP contribution in [0.15, 0.2) is 24.3 Å². The molecule has 1 aromatic heterocycles. The van der Waals surface area contributed by atoms with Crippen LogP contribution in [0.3, 0.4) is 0 Å². The van der Waals surface area contributed by atoms with Gasteiger partial charge in [-0.05, 0) is 49.7 Å². The van der Waals surface area contributed by atoms with E-state index in [1.165, 1.54) is 0 Å². The summed E-state index contributed by atoms with van der Waals surface area (Å²) in [6, 6.07) is 7.54. The van der Waals surface area contributed by atoms with Crippen molar-refractivity contribution in [2.45, 2.75) is 32.4 Å². The lowest BCUT2D eigenvalue weighted by Crippen LogP contribution is -2.34. The highest BCUT2D eigenvalue weighted by molar-refractivity contribution is 7.80. The molecule has 1 aromatic carbocycles. The number of ether oxygens (including phenoxy) is 1. The Bertz CT molecular complexity index is 759. The summed E-state index contributed by atoms with van der Waals surface area (Å²) in [5.41, 5.74) is 2.06. The zero-order chi connectivity index (χ0) is 17.8. The summed E-state index contributed by atoms with van der Waals surface area (Å²) in [5, 5.41) is 12.5. The number of hydrogen-bond donors (Lipinski definition) is 2. The summed E-state index contributed by atoms with van der Waals surface area (Å²) in [5.74, 6) is 0.711. The number of aromatic nitrogens is 2. The van der Waals surface area contributed by atoms with E-state index in [9.17, 15) is 0 Å². The number of halogens is 2. The molecule has 2 aromatic rings. The molecular formula is C17H20Cl2N4OS. The summed E-state index contributed by atoms with van der Waals surface area (Å²) in [4.78, 5) is 0. The van der Waals surface area contributed by atoms with Gasteiger partial charge in [-0.15, -0.1) is 0 Å². The fourth-order valence-corrected chi connectivity index (χ4v) is 3.22. The van der Waals surface area contributed by atoms with Gasteiger partial charge >= 0.3 is 0 Å². The molecule has 25 heavy (non-hydrogen) atoms. The van der Waals surface area contributed by atoms with Crippen LogP contribution in [-0.2, 0) is 11.3 Å². The van der Waals surface area contributed by atoms with E-state index in [1.807, 2.05) is 29.8 Å². The number of anilines is 1. The molecule has 1 fully saturated rings. The second kappa shape index (κ2) is 8.36. The molecule has 0 amide bonds. The van der Waals surface area contributed by atoms with Gasteiger partial charge in [0.05, 0.1) is 22.7 Å². The van der Waals surface area contributed by atoms with Crippen LogP contribution >= 0.6 is 35.4 Å². The van der Waals surface area contributed by atoms with Crippen molar-refractivity contribution in [1.29, 1.82) is 0 Å². The minimum Gasteiger partial charge on any atom is -0.376 e. The van der Waals surface area contributed by atoms with E-state index in [0.29, 0.717) is 27.5 Å². The van der Waals surface area contributed by atoms with Crippen LogP contribution in [0.25, 0.3) is 0 Å². The van der Waals surface area contributed by atoms with Crippen molar-refractivity contribution in [1.82, 2.24) is 15.1 Å². The van der Waals surface area contributed by atoms with Gasteiger partial charge in [0.2, 0.25) is 0 Å². The van der Waals surface area contributed by atoms with E-state index in [2.05, 4.69) is 15.7 Å². The van der Waals surface area contributed by atoms with Gasteiger partial charge in [-0.2, -0.15) is 5.10 Å². The van der Waals surface area contributed by atoms with Crippen LogP contribution in [0.1, 0.15) is 24.1 Å². The van der Waals surface area contributed by atoms with E-state index in [4.69, 9.17) is 40.2 Å². The van der Waals surface area contributed by atoms with E-state index in [1.54, 1.807) is 6.07 Å². The molecule has 0 spiro atoms. The van der Waals surface area contributed by atoms with Gasteiger partial charge in [0.15, 0.2) is 10.9 Å². The number of nitrogens with zero attached hydrogens (tertiary/aromatic N) is 2. The number of benzene rings is 1. The van der Waals surface area contributed by atoms with Gasteiger partial charge in [0.25, 0.3) is 0 Å². The predicted molar refractivity (Wildman–Crippen MR) is 106 cm³/mol. The lowest BCUT2D eigenvalue weighted by molar-refractivity contribution is 0.114. The lowest BCUT2D eigenvalue weighted by atomic mass is 10.2. The number of rotatable bonds is 5. The molecule has 2 N–H and O–H groups in total. The third kappa shape index (κ3) is 5.07. The summed E-state index contributed by atoms with van der Waals surface area (Å²) in [6.45, 7) is 4.17. The molecule has 8 heteroatoms. The average Bonchev–Trinajstić information content (AvgIpc) is 3.19. The molecule has 5 nitrogen and oxygen atoms in total. The predicted octanol–water partition coefficient (Wildman–Crippen LogP) is 4.01. The second-order valence-electron chi connectivity index (χ2n) is 6.05. The van der Waals surface area contributed by atoms with Gasteiger partial charge in [0.1, 0.15) is 0 Å². The van der Waals surface area contributed by atoms with Gasteiger partial charge in [-0.25, -0.2) is 0 Å². The van der Waals surface area contributed by atoms with Crippen LogP contribution in [0, 0.1) is 6.92 Å². The van der Waals surface area contributed by atoms with E-state index in [-0.39, 0.29) is 6.10 Å². The van der Waals surface area contributed by atoms with E-state index >= 15 is 0 Å². The van der Waals surface area contributed by atoms with Crippen molar-refractivity contribution in [3.63, 3.8) is 0 Å². The molecule has 1 saturated heterocycles. The second-order valence-corrected chi connectivity index (χ2v) is 7.27. The largest absolute Gasteiger partial charge is 0.376 e. The van der Waals surface area contributed by atoms with Crippen molar-refractivity contribution in [3.05, 3.63) is 45.6 Å². The number of aryl methyl sites for hydroxylation is 1. The van der Waals surface area contributed by atoms with Crippen LogP contribution in [-0.4, -0.2) is 34.1 Å². The number of thiocarbonyl (C=S) groups is 1. The molecular weight excluding hydrogens is 379 g/mol. The first-order valence-corrected chi connectivity index (χ1v) is 9.32. The zero-order valence-corrected chi connectivity index (χ0v) is 16.2. The zero-order valence-electron chi connectivity index (χ0n) is 13.9. The molecule has 3 rings (SSSR count). The van der Waals surface area contributed by atoms with Crippen LogP contribution in [0.2, 0.25) is 10.0 Å². The van der Waals surface area contributed by atoms with Gasteiger partial charge in [-0.1, -0.05) is 29.3 Å². The Morgan fingerprint density at radius 3 is 2.92 bits per heavy atom. The summed E-state index contributed by atoms with van der Waals surface area (Å²) < 4.78 is 7.46. The molecule has 1 aliphatic rings. The maximum absolute atomic E-state index is 6.07. The fourth-order valence-electron chi connectivity index (χ4n) is 2.71. The third-order valence-corrected chi connectivity index (χ3v) is 5.04. The average molecular weight is 399 g/mol. The minimum absolute atomic E-state index is 0.244. The summed E-state index contributed by atoms with van der Waals surface area (Å²) in [6.07, 6.45) is 2.44.